The van der Waals surface area contributed by atoms with Crippen molar-refractivity contribution in [2.45, 2.75) is 19.4 Å². The van der Waals surface area contributed by atoms with Crippen LogP contribution in [0.4, 0.5) is 0 Å². The minimum Gasteiger partial charge on any atom is -0.457 e. The first-order valence-corrected chi connectivity index (χ1v) is 5.46. The maximum atomic E-state index is 10.9. The number of carbonyl (C=O) groups is 1. The summed E-state index contributed by atoms with van der Waals surface area (Å²) in [4.78, 5) is 10.9. The van der Waals surface area contributed by atoms with Crippen molar-refractivity contribution in [2.75, 3.05) is 0 Å². The number of esters is 1. The van der Waals surface area contributed by atoms with Gasteiger partial charge in [0.15, 0.2) is 0 Å². The average molecular weight is 269 g/mol. The monoisotopic (exact) mass is 268 g/mol. The summed E-state index contributed by atoms with van der Waals surface area (Å²) in [6.45, 7) is 5.06. The van der Waals surface area contributed by atoms with Crippen molar-refractivity contribution < 1.29 is 9.53 Å². The van der Waals surface area contributed by atoms with Crippen molar-refractivity contribution >= 4 is 21.9 Å². The molecular formula is C12H13BrO2. The van der Waals surface area contributed by atoms with Crippen LogP contribution in [0.15, 0.2) is 41.4 Å². The minimum absolute atomic E-state index is 0.229. The maximum absolute atomic E-state index is 10.9. The molecule has 0 aliphatic carbocycles. The highest BCUT2D eigenvalue weighted by molar-refractivity contribution is 9.10. The highest BCUT2D eigenvalue weighted by atomic mass is 79.9. The molecule has 80 valence electrons. The molecule has 0 fully saturated rings. The Balaban J connectivity index is 2.83. The number of hydrogen-bond acceptors (Lipinski definition) is 2. The third-order valence-corrected chi connectivity index (χ3v) is 2.46. The van der Waals surface area contributed by atoms with Gasteiger partial charge in [-0.05, 0) is 17.7 Å². The quantitative estimate of drug-likeness (QED) is 0.616. The lowest BCUT2D eigenvalue weighted by Crippen LogP contribution is -2.07. The molecule has 3 heteroatoms. The molecule has 1 atom stereocenters. The van der Waals surface area contributed by atoms with Crippen molar-refractivity contribution in [3.8, 4) is 0 Å². The van der Waals surface area contributed by atoms with Crippen LogP contribution in [0.2, 0.25) is 0 Å². The van der Waals surface area contributed by atoms with Gasteiger partial charge in [-0.3, -0.25) is 4.79 Å². The predicted octanol–water partition coefficient (Wildman–Crippen LogP) is 3.63. The molecule has 0 amide bonds. The Kier molecular flexibility index (Phi) is 4.56. The van der Waals surface area contributed by atoms with Gasteiger partial charge < -0.3 is 4.74 Å². The number of hydrogen-bond donors (Lipinski definition) is 0. The Morgan fingerprint density at radius 1 is 1.53 bits per heavy atom. The number of halogens is 1. The zero-order chi connectivity index (χ0) is 11.3. The van der Waals surface area contributed by atoms with Crippen LogP contribution in [0.1, 0.15) is 25.0 Å². The fourth-order valence-corrected chi connectivity index (χ4v) is 1.55. The Morgan fingerprint density at radius 2 is 2.13 bits per heavy atom. The van der Waals surface area contributed by atoms with E-state index in [0.717, 1.165) is 10.0 Å². The van der Waals surface area contributed by atoms with E-state index in [9.17, 15) is 4.79 Å². The Hall–Kier alpha value is -1.09. The Bertz CT molecular complexity index is 343. The lowest BCUT2D eigenvalue weighted by atomic mass is 10.1. The normalized spacial score (nSPS) is 11.9. The van der Waals surface area contributed by atoms with Crippen LogP contribution >= 0.6 is 15.9 Å². The summed E-state index contributed by atoms with van der Waals surface area (Å²) in [6.07, 6.45) is 2.14. The smallest absolute Gasteiger partial charge is 0.303 e. The second-order valence-electron chi connectivity index (χ2n) is 3.17. The lowest BCUT2D eigenvalue weighted by Gasteiger charge is -2.15. The van der Waals surface area contributed by atoms with Crippen LogP contribution in [-0.2, 0) is 9.53 Å². The maximum Gasteiger partial charge on any atom is 0.303 e. The molecule has 0 aliphatic heterocycles. The molecule has 0 bridgehead atoms. The number of benzene rings is 1. The number of rotatable bonds is 4. The van der Waals surface area contributed by atoms with Gasteiger partial charge in [0.05, 0.1) is 0 Å². The minimum atomic E-state index is -0.273. The molecule has 0 N–H and O–H groups in total. The van der Waals surface area contributed by atoms with Crippen LogP contribution in [0, 0.1) is 0 Å². The lowest BCUT2D eigenvalue weighted by molar-refractivity contribution is -0.146. The topological polar surface area (TPSA) is 26.3 Å². The summed E-state index contributed by atoms with van der Waals surface area (Å²) in [5.41, 5.74) is 0.980. The van der Waals surface area contributed by atoms with Gasteiger partial charge in [0.25, 0.3) is 0 Å². The molecule has 0 aliphatic rings. The average Bonchev–Trinajstić information content (AvgIpc) is 2.17. The highest BCUT2D eigenvalue weighted by Gasteiger charge is 2.12. The number of ether oxygens (including phenoxy) is 1. The molecule has 0 saturated heterocycles. The van der Waals surface area contributed by atoms with E-state index in [0.29, 0.717) is 6.42 Å². The first kappa shape index (κ1) is 12.0. The molecule has 15 heavy (non-hydrogen) atoms. The molecule has 0 heterocycles. The van der Waals surface area contributed by atoms with Gasteiger partial charge in [0.2, 0.25) is 0 Å². The summed E-state index contributed by atoms with van der Waals surface area (Å²) >= 11 is 3.36. The molecule has 0 saturated carbocycles. The van der Waals surface area contributed by atoms with Gasteiger partial charge in [-0.25, -0.2) is 0 Å². The fraction of sp³-hybridized carbons (Fsp3) is 0.250. The van der Waals surface area contributed by atoms with Crippen LogP contribution in [0.25, 0.3) is 0 Å². The molecule has 1 aromatic rings. The molecule has 0 spiro atoms. The molecule has 1 rings (SSSR count). The summed E-state index contributed by atoms with van der Waals surface area (Å²) in [6, 6.07) is 7.71. The van der Waals surface area contributed by atoms with E-state index in [1.807, 2.05) is 24.3 Å². The van der Waals surface area contributed by atoms with Crippen molar-refractivity contribution in [1.29, 1.82) is 0 Å². The zero-order valence-electron chi connectivity index (χ0n) is 8.57. The molecule has 0 radical (unpaired) electrons. The first-order chi connectivity index (χ1) is 7.13. The van der Waals surface area contributed by atoms with Crippen molar-refractivity contribution in [2.24, 2.45) is 0 Å². The largest absolute Gasteiger partial charge is 0.457 e. The SMILES string of the molecule is C=CC[C@H](OC(C)=O)c1ccc(Br)cc1. The van der Waals surface area contributed by atoms with Crippen LogP contribution < -0.4 is 0 Å². The zero-order valence-corrected chi connectivity index (χ0v) is 10.2. The Morgan fingerprint density at radius 3 is 2.60 bits per heavy atom. The van der Waals surface area contributed by atoms with Crippen LogP contribution in [0.3, 0.4) is 0 Å². The predicted molar refractivity (Wildman–Crippen MR) is 63.5 cm³/mol. The van der Waals surface area contributed by atoms with Gasteiger partial charge in [-0.15, -0.1) is 6.58 Å². The second kappa shape index (κ2) is 5.71. The van der Waals surface area contributed by atoms with Crippen molar-refractivity contribution in [3.63, 3.8) is 0 Å². The van der Waals surface area contributed by atoms with Crippen molar-refractivity contribution in [3.05, 3.63) is 47.0 Å². The third kappa shape index (κ3) is 3.88. The number of carbonyl (C=O) groups excluding carboxylic acids is 1. The van der Waals surface area contributed by atoms with Gasteiger partial charge in [-0.1, -0.05) is 34.1 Å². The summed E-state index contributed by atoms with van der Waals surface area (Å²) < 4.78 is 6.20. The van der Waals surface area contributed by atoms with E-state index in [2.05, 4.69) is 22.5 Å². The van der Waals surface area contributed by atoms with Crippen molar-refractivity contribution in [1.82, 2.24) is 0 Å². The van der Waals surface area contributed by atoms with E-state index in [4.69, 9.17) is 4.74 Å². The molecule has 2 nitrogen and oxygen atoms in total. The fourth-order valence-electron chi connectivity index (χ4n) is 1.28. The summed E-state index contributed by atoms with van der Waals surface area (Å²) in [5.74, 6) is -0.273. The Labute approximate surface area is 98.1 Å². The van der Waals surface area contributed by atoms with Crippen LogP contribution in [-0.4, -0.2) is 5.97 Å². The standard InChI is InChI=1S/C12H13BrO2/c1-3-4-12(15-9(2)14)10-5-7-11(13)8-6-10/h3,5-8,12H,1,4H2,2H3/t12-/m0/s1. The highest BCUT2D eigenvalue weighted by Crippen LogP contribution is 2.23. The third-order valence-electron chi connectivity index (χ3n) is 1.93. The summed E-state index contributed by atoms with van der Waals surface area (Å²) in [5, 5.41) is 0. The first-order valence-electron chi connectivity index (χ1n) is 4.67. The van der Waals surface area contributed by atoms with Gasteiger partial charge >= 0.3 is 5.97 Å². The second-order valence-corrected chi connectivity index (χ2v) is 4.09. The van der Waals surface area contributed by atoms with Crippen LogP contribution in [0.5, 0.6) is 0 Å². The summed E-state index contributed by atoms with van der Waals surface area (Å²) in [7, 11) is 0. The van der Waals surface area contributed by atoms with E-state index < -0.39 is 0 Å². The molecule has 0 aromatic heterocycles. The molecule has 0 unspecified atom stereocenters. The molecular weight excluding hydrogens is 256 g/mol. The van der Waals surface area contributed by atoms with Gasteiger partial charge in [0.1, 0.15) is 6.10 Å². The van der Waals surface area contributed by atoms with E-state index in [-0.39, 0.29) is 12.1 Å². The van der Waals surface area contributed by atoms with E-state index in [1.54, 1.807) is 6.08 Å². The molecule has 1 aromatic carbocycles. The van der Waals surface area contributed by atoms with E-state index >= 15 is 0 Å². The van der Waals surface area contributed by atoms with Gasteiger partial charge in [0, 0.05) is 17.8 Å². The van der Waals surface area contributed by atoms with E-state index in [1.165, 1.54) is 6.92 Å². The van der Waals surface area contributed by atoms with Gasteiger partial charge in [-0.2, -0.15) is 0 Å².